The van der Waals surface area contributed by atoms with Crippen LogP contribution in [0.25, 0.3) is 0 Å². The number of nitrogens with one attached hydrogen (secondary N) is 1. The molecule has 0 saturated carbocycles. The van der Waals surface area contributed by atoms with Gasteiger partial charge in [0.1, 0.15) is 0 Å². The van der Waals surface area contributed by atoms with Crippen LogP contribution in [0, 0.1) is 12.9 Å². The largest absolute Gasteiger partial charge is 0.398 e. The van der Waals surface area contributed by atoms with Crippen LogP contribution in [0.5, 0.6) is 0 Å². The second-order valence-corrected chi connectivity index (χ2v) is 2.24. The average Bonchev–Trinajstić information content (AvgIpc) is 2.07. The Morgan fingerprint density at radius 2 is 2.18 bits per heavy atom. The molecule has 0 spiro atoms. The number of hydrogen-bond donors (Lipinski definition) is 1. The molecule has 0 aliphatic carbocycles. The summed E-state index contributed by atoms with van der Waals surface area (Å²) in [5, 5.41) is 2.44. The Kier molecular flexibility index (Phi) is 1.72. The number of H-pyrrole nitrogens is 1. The minimum atomic E-state index is -1.75. The number of aryl methyl sites for hydroxylation is 2. The highest BCUT2D eigenvalue weighted by atomic mass is 19.1. The lowest BCUT2D eigenvalue weighted by Gasteiger charge is -1.80. The fourth-order valence-corrected chi connectivity index (χ4v) is 0.907. The molecule has 5 heteroatoms. The van der Waals surface area contributed by atoms with E-state index in [-0.39, 0.29) is 5.69 Å². The third-order valence-electron chi connectivity index (χ3n) is 1.41. The van der Waals surface area contributed by atoms with Crippen molar-refractivity contribution < 1.29 is 18.3 Å². The first-order valence-electron chi connectivity index (χ1n) is 2.98. The second-order valence-electron chi connectivity index (χ2n) is 2.24. The normalized spacial score (nSPS) is 10.2. The van der Waals surface area contributed by atoms with Crippen LogP contribution in [0.4, 0.5) is 8.78 Å². The van der Waals surface area contributed by atoms with Crippen LogP contribution in [0.15, 0.2) is 0 Å². The summed E-state index contributed by atoms with van der Waals surface area (Å²) in [7, 11) is 1.36. The summed E-state index contributed by atoms with van der Waals surface area (Å²) < 4.78 is 25.7. The summed E-state index contributed by atoms with van der Waals surface area (Å²) in [6, 6.07) is -1.75. The predicted molar refractivity (Wildman–Crippen MR) is 32.1 cm³/mol. The molecule has 1 aromatic heterocycles. The Balaban J connectivity index is 3.34. The van der Waals surface area contributed by atoms with Gasteiger partial charge in [-0.15, -0.1) is 4.39 Å². The van der Waals surface area contributed by atoms with Crippen LogP contribution in [0.1, 0.15) is 16.1 Å². The van der Waals surface area contributed by atoms with Gasteiger partial charge in [0.2, 0.25) is 0 Å². The van der Waals surface area contributed by atoms with Crippen LogP contribution >= 0.6 is 0 Å². The highest BCUT2D eigenvalue weighted by Crippen LogP contribution is 2.07. The minimum absolute atomic E-state index is 0.192. The van der Waals surface area contributed by atoms with Crippen molar-refractivity contribution >= 4 is 6.04 Å². The number of rotatable bonds is 1. The van der Waals surface area contributed by atoms with Gasteiger partial charge in [-0.1, -0.05) is 4.68 Å². The van der Waals surface area contributed by atoms with E-state index in [0.717, 1.165) is 4.68 Å². The maximum atomic E-state index is 12.7. The maximum Gasteiger partial charge on any atom is 0.398 e. The number of carbonyl (C=O) groups excluding carboxylic acids is 1. The smallest absolute Gasteiger partial charge is 0.255 e. The molecule has 3 nitrogen and oxygen atoms in total. The van der Waals surface area contributed by atoms with Gasteiger partial charge in [-0.3, -0.25) is 4.79 Å². The average molecular weight is 161 g/mol. The number of nitrogens with zero attached hydrogens (tertiary/aromatic N) is 1. The first-order valence-corrected chi connectivity index (χ1v) is 2.98. The van der Waals surface area contributed by atoms with Gasteiger partial charge >= 0.3 is 12.0 Å². The maximum absolute atomic E-state index is 12.7. The fourth-order valence-electron chi connectivity index (χ4n) is 0.907. The van der Waals surface area contributed by atoms with Gasteiger partial charge in [0.25, 0.3) is 0 Å². The fraction of sp³-hybridized carbons (Fsp3) is 0.333. The predicted octanol–water partition coefficient (Wildman–Crippen LogP) is 0.396. The molecule has 0 unspecified atom stereocenters. The molecular weight excluding hydrogens is 154 g/mol. The number of carbonyl (C=O) groups is 1. The molecule has 11 heavy (non-hydrogen) atoms. The number of halogens is 2. The van der Waals surface area contributed by atoms with Crippen molar-refractivity contribution in [3.05, 3.63) is 17.2 Å². The lowest BCUT2D eigenvalue weighted by atomic mass is 10.3. The number of hydrogen-bond acceptors (Lipinski definition) is 1. The van der Waals surface area contributed by atoms with E-state index in [1.807, 2.05) is 0 Å². The quantitative estimate of drug-likeness (QED) is 0.469. The molecule has 1 aromatic rings. The molecule has 0 radical (unpaired) electrons. The zero-order valence-corrected chi connectivity index (χ0v) is 6.11. The standard InChI is InChI=1S/C6H6F2N2O/c1-3-4(6(8)11)5(7)10(2)9-3/h1-2H3/p+1. The molecule has 0 aliphatic heterocycles. The summed E-state index contributed by atoms with van der Waals surface area (Å²) in [6.07, 6.45) is 0. The summed E-state index contributed by atoms with van der Waals surface area (Å²) in [5.74, 6) is -0.880. The van der Waals surface area contributed by atoms with Crippen molar-refractivity contribution in [1.82, 2.24) is 5.10 Å². The Morgan fingerprint density at radius 1 is 1.64 bits per heavy atom. The second kappa shape index (κ2) is 2.41. The molecule has 60 valence electrons. The van der Waals surface area contributed by atoms with Crippen molar-refractivity contribution in [3.8, 4) is 0 Å². The first kappa shape index (κ1) is 7.84. The third kappa shape index (κ3) is 1.13. The zero-order valence-electron chi connectivity index (χ0n) is 6.11. The van der Waals surface area contributed by atoms with Gasteiger partial charge in [-0.05, 0) is 6.92 Å². The summed E-state index contributed by atoms with van der Waals surface area (Å²) in [6.45, 7) is 1.43. The van der Waals surface area contributed by atoms with Gasteiger partial charge in [0, 0.05) is 0 Å². The van der Waals surface area contributed by atoms with Crippen LogP contribution in [-0.4, -0.2) is 11.1 Å². The molecule has 0 aliphatic rings. The van der Waals surface area contributed by atoms with E-state index in [2.05, 4.69) is 5.10 Å². The number of aromatic nitrogens is 2. The molecule has 0 bridgehead atoms. The highest BCUT2D eigenvalue weighted by molar-refractivity contribution is 5.89. The zero-order chi connectivity index (χ0) is 8.59. The third-order valence-corrected chi connectivity index (χ3v) is 1.41. The van der Waals surface area contributed by atoms with Crippen molar-refractivity contribution in [3.63, 3.8) is 0 Å². The van der Waals surface area contributed by atoms with Crippen LogP contribution in [0.2, 0.25) is 0 Å². The summed E-state index contributed by atoms with van der Waals surface area (Å²) in [4.78, 5) is 10.2. The van der Waals surface area contributed by atoms with Gasteiger partial charge in [-0.2, -0.15) is 9.49 Å². The van der Waals surface area contributed by atoms with Crippen LogP contribution < -0.4 is 4.68 Å². The monoisotopic (exact) mass is 161 g/mol. The van der Waals surface area contributed by atoms with E-state index in [4.69, 9.17) is 0 Å². The van der Waals surface area contributed by atoms with Crippen molar-refractivity contribution in [2.24, 2.45) is 7.05 Å². The topological polar surface area (TPSA) is 36.7 Å². The van der Waals surface area contributed by atoms with E-state index in [0.29, 0.717) is 0 Å². The highest BCUT2D eigenvalue weighted by Gasteiger charge is 2.26. The van der Waals surface area contributed by atoms with E-state index in [1.54, 1.807) is 0 Å². The van der Waals surface area contributed by atoms with E-state index < -0.39 is 17.5 Å². The Morgan fingerprint density at radius 3 is 2.36 bits per heavy atom. The van der Waals surface area contributed by atoms with Crippen LogP contribution in [-0.2, 0) is 7.05 Å². The van der Waals surface area contributed by atoms with Gasteiger partial charge in [0.05, 0.1) is 5.69 Å². The van der Waals surface area contributed by atoms with Gasteiger partial charge < -0.3 is 0 Å². The molecule has 0 aromatic carbocycles. The minimum Gasteiger partial charge on any atom is -0.255 e. The van der Waals surface area contributed by atoms with E-state index in [1.165, 1.54) is 14.0 Å². The van der Waals surface area contributed by atoms with Gasteiger partial charge in [0.15, 0.2) is 12.6 Å². The summed E-state index contributed by atoms with van der Waals surface area (Å²) >= 11 is 0. The van der Waals surface area contributed by atoms with Crippen molar-refractivity contribution in [2.45, 2.75) is 6.92 Å². The molecule has 1 heterocycles. The Bertz CT molecular complexity index is 306. The van der Waals surface area contributed by atoms with Gasteiger partial charge in [-0.25, -0.2) is 0 Å². The molecule has 1 N–H and O–H groups in total. The summed E-state index contributed by atoms with van der Waals surface area (Å²) in [5.41, 5.74) is -0.329. The van der Waals surface area contributed by atoms with Crippen molar-refractivity contribution in [1.29, 1.82) is 0 Å². The lowest BCUT2D eigenvalue weighted by Crippen LogP contribution is -2.34. The lowest BCUT2D eigenvalue weighted by molar-refractivity contribution is -0.752. The molecule has 0 atom stereocenters. The molecular formula is C6H7F2N2O+. The van der Waals surface area contributed by atoms with Crippen LogP contribution in [0.3, 0.4) is 0 Å². The van der Waals surface area contributed by atoms with E-state index >= 15 is 0 Å². The molecule has 0 saturated heterocycles. The van der Waals surface area contributed by atoms with Crippen molar-refractivity contribution in [2.75, 3.05) is 0 Å². The number of aromatic amines is 1. The Labute approximate surface area is 61.6 Å². The van der Waals surface area contributed by atoms with E-state index in [9.17, 15) is 13.6 Å². The SMILES string of the molecule is Cc1[nH][n+](C)c(F)c1C(=O)F. The molecule has 1 rings (SSSR count). The first-order chi connectivity index (χ1) is 5.04. The molecule has 0 fully saturated rings. The molecule has 0 amide bonds. The Hall–Kier alpha value is -1.26.